The molecule has 1 aliphatic rings. The summed E-state index contributed by atoms with van der Waals surface area (Å²) in [5.74, 6) is -1.55. The van der Waals surface area contributed by atoms with E-state index in [4.69, 9.17) is 0 Å². The molecule has 5 N–H and O–H groups in total. The van der Waals surface area contributed by atoms with Crippen molar-refractivity contribution in [3.63, 3.8) is 0 Å². The van der Waals surface area contributed by atoms with E-state index in [-0.39, 0.29) is 11.7 Å². The first-order chi connectivity index (χ1) is 17.0. The molecule has 0 spiro atoms. The van der Waals surface area contributed by atoms with Gasteiger partial charge in [0.2, 0.25) is 5.91 Å². The molecule has 1 aliphatic heterocycles. The average Bonchev–Trinajstić information content (AvgIpc) is 2.78. The number of carbonyl (C=O) groups is 3. The van der Waals surface area contributed by atoms with Crippen LogP contribution in [-0.2, 0) is 11.0 Å². The molecule has 36 heavy (non-hydrogen) atoms. The zero-order valence-corrected chi connectivity index (χ0v) is 20.9. The number of rotatable bonds is 12. The van der Waals surface area contributed by atoms with Gasteiger partial charge < -0.3 is 31.3 Å². The number of benzene rings is 1. The zero-order valence-electron chi connectivity index (χ0n) is 20.9. The largest absolute Gasteiger partial charge is 0.416 e. The number of nitrogens with one attached hydrogen (secondary N) is 4. The molecule has 0 saturated carbocycles. The topological polar surface area (TPSA) is 123 Å². The van der Waals surface area contributed by atoms with E-state index in [1.807, 2.05) is 20.8 Å². The third-order valence-corrected chi connectivity index (χ3v) is 6.08. The maximum absolute atomic E-state index is 13.2. The fourth-order valence-electron chi connectivity index (χ4n) is 3.50. The second kappa shape index (κ2) is 13.4. The van der Waals surface area contributed by atoms with E-state index >= 15 is 0 Å². The molecule has 0 aromatic heterocycles. The third kappa shape index (κ3) is 8.66. The molecule has 2 rings (SSSR count). The molecule has 0 bridgehead atoms. The number of alkyl halides is 3. The number of carbonyl (C=O) groups excluding carboxylic acids is 3. The summed E-state index contributed by atoms with van der Waals surface area (Å²) >= 11 is 0. The summed E-state index contributed by atoms with van der Waals surface area (Å²) in [5, 5.41) is 21.1. The number of hydrogen-bond donors (Lipinski definition) is 5. The smallest absolute Gasteiger partial charge is 0.391 e. The lowest BCUT2D eigenvalue weighted by Crippen LogP contribution is -2.52. The van der Waals surface area contributed by atoms with Crippen molar-refractivity contribution in [3.05, 3.63) is 29.3 Å². The van der Waals surface area contributed by atoms with E-state index in [1.165, 1.54) is 4.90 Å². The molecule has 4 amide bonds. The van der Waals surface area contributed by atoms with E-state index in [2.05, 4.69) is 21.3 Å². The third-order valence-electron chi connectivity index (χ3n) is 6.08. The highest BCUT2D eigenvalue weighted by molar-refractivity contribution is 6.04. The molecule has 3 atom stereocenters. The van der Waals surface area contributed by atoms with Gasteiger partial charge in [-0.15, -0.1) is 0 Å². The average molecular weight is 516 g/mol. The molecular formula is C24H36F3N5O4. The van der Waals surface area contributed by atoms with Crippen molar-refractivity contribution >= 4 is 23.5 Å². The monoisotopic (exact) mass is 515 g/mol. The fourth-order valence-corrected chi connectivity index (χ4v) is 3.50. The van der Waals surface area contributed by atoms with Crippen molar-refractivity contribution in [2.45, 2.75) is 70.8 Å². The van der Waals surface area contributed by atoms with Crippen molar-refractivity contribution < 1.29 is 32.7 Å². The molecule has 9 nitrogen and oxygen atoms in total. The molecule has 1 aromatic carbocycles. The number of likely N-dealkylation sites (tertiary alicyclic amines) is 1. The number of urea groups is 1. The molecule has 1 heterocycles. The van der Waals surface area contributed by atoms with Crippen LogP contribution in [0.4, 0.5) is 23.7 Å². The molecule has 1 aromatic rings. The predicted octanol–water partition coefficient (Wildman–Crippen LogP) is 2.71. The minimum absolute atomic E-state index is 0.0909. The van der Waals surface area contributed by atoms with Gasteiger partial charge in [-0.3, -0.25) is 9.59 Å². The Hall–Kier alpha value is -2.86. The molecule has 12 heteroatoms. The second-order valence-corrected chi connectivity index (χ2v) is 8.96. The SMILES string of the molecule is CCC[C@H](O)[C@H](CNC(C)CC)NC(=O)CNC(=O)c1cc(C(F)(F)F)ccc1NC(=O)N1CCC1. The fraction of sp³-hybridized carbons (Fsp3) is 0.625. The Balaban J connectivity index is 2.09. The van der Waals surface area contributed by atoms with Crippen molar-refractivity contribution in [3.8, 4) is 0 Å². The summed E-state index contributed by atoms with van der Waals surface area (Å²) < 4.78 is 39.7. The molecule has 1 fully saturated rings. The maximum Gasteiger partial charge on any atom is 0.416 e. The van der Waals surface area contributed by atoms with Crippen LogP contribution in [0.3, 0.4) is 0 Å². The van der Waals surface area contributed by atoms with Gasteiger partial charge in [0, 0.05) is 25.7 Å². The lowest BCUT2D eigenvalue weighted by molar-refractivity contribution is -0.137. The normalized spacial score (nSPS) is 15.9. The van der Waals surface area contributed by atoms with Gasteiger partial charge in [0.25, 0.3) is 5.91 Å². The maximum atomic E-state index is 13.2. The Morgan fingerprint density at radius 1 is 1.17 bits per heavy atom. The van der Waals surface area contributed by atoms with E-state index in [0.717, 1.165) is 25.0 Å². The van der Waals surface area contributed by atoms with E-state index in [0.29, 0.717) is 38.5 Å². The van der Waals surface area contributed by atoms with Crippen LogP contribution in [0.15, 0.2) is 18.2 Å². The molecular weight excluding hydrogens is 479 g/mol. The van der Waals surface area contributed by atoms with Gasteiger partial charge in [0.1, 0.15) is 0 Å². The first-order valence-corrected chi connectivity index (χ1v) is 12.2. The molecule has 202 valence electrons. The van der Waals surface area contributed by atoms with Gasteiger partial charge in [-0.05, 0) is 44.4 Å². The van der Waals surface area contributed by atoms with Crippen molar-refractivity contribution in [1.82, 2.24) is 20.9 Å². The summed E-state index contributed by atoms with van der Waals surface area (Å²) in [6.07, 6.45) is -2.66. The molecule has 1 saturated heterocycles. The Labute approximate surface area is 209 Å². The number of halogens is 3. The van der Waals surface area contributed by atoms with E-state index < -0.39 is 53.8 Å². The van der Waals surface area contributed by atoms with Gasteiger partial charge in [0.15, 0.2) is 0 Å². The molecule has 0 radical (unpaired) electrons. The lowest BCUT2D eigenvalue weighted by atomic mass is 10.1. The summed E-state index contributed by atoms with van der Waals surface area (Å²) in [6.45, 7) is 6.70. The van der Waals surface area contributed by atoms with Gasteiger partial charge >= 0.3 is 12.2 Å². The lowest BCUT2D eigenvalue weighted by Gasteiger charge is -2.31. The molecule has 0 aliphatic carbocycles. The number of nitrogens with zero attached hydrogens (tertiary/aromatic N) is 1. The standard InChI is InChI=1S/C24H36F3N5O4/c1-4-7-20(33)19(13-28-15(3)5-2)30-21(34)14-29-22(35)17-12-16(24(25,26)27)8-9-18(17)31-23(36)32-10-6-11-32/h8-9,12,15,19-20,28,33H,4-7,10-11,13-14H2,1-3H3,(H,29,35)(H,30,34)(H,31,36)/t15?,19-,20-/m0/s1. The van der Waals surface area contributed by atoms with Crippen LogP contribution < -0.4 is 21.3 Å². The van der Waals surface area contributed by atoms with Gasteiger partial charge in [-0.1, -0.05) is 20.3 Å². The van der Waals surface area contributed by atoms with Gasteiger partial charge in [-0.2, -0.15) is 13.2 Å². The van der Waals surface area contributed by atoms with Crippen LogP contribution in [0.5, 0.6) is 0 Å². The number of aliphatic hydroxyl groups is 1. The number of hydrogen-bond acceptors (Lipinski definition) is 5. The molecule has 1 unspecified atom stereocenters. The number of anilines is 1. The highest BCUT2D eigenvalue weighted by Crippen LogP contribution is 2.32. The Kier molecular flexibility index (Phi) is 11.0. The summed E-state index contributed by atoms with van der Waals surface area (Å²) in [5.41, 5.74) is -1.56. The Bertz CT molecular complexity index is 908. The minimum atomic E-state index is -4.70. The van der Waals surface area contributed by atoms with E-state index in [1.54, 1.807) is 0 Å². The summed E-state index contributed by atoms with van der Waals surface area (Å²) in [6, 6.07) is 1.48. The minimum Gasteiger partial charge on any atom is -0.391 e. The van der Waals surface area contributed by atoms with Crippen molar-refractivity contribution in [1.29, 1.82) is 0 Å². The highest BCUT2D eigenvalue weighted by atomic mass is 19.4. The first-order valence-electron chi connectivity index (χ1n) is 12.2. The van der Waals surface area contributed by atoms with Crippen LogP contribution >= 0.6 is 0 Å². The summed E-state index contributed by atoms with van der Waals surface area (Å²) in [7, 11) is 0. The van der Waals surface area contributed by atoms with Crippen LogP contribution in [0.25, 0.3) is 0 Å². The van der Waals surface area contributed by atoms with Gasteiger partial charge in [0.05, 0.1) is 35.5 Å². The van der Waals surface area contributed by atoms with Crippen molar-refractivity contribution in [2.24, 2.45) is 0 Å². The van der Waals surface area contributed by atoms with Gasteiger partial charge in [-0.25, -0.2) is 4.79 Å². The van der Waals surface area contributed by atoms with E-state index in [9.17, 15) is 32.7 Å². The zero-order chi connectivity index (χ0) is 26.9. The van der Waals surface area contributed by atoms with Crippen LogP contribution in [0, 0.1) is 0 Å². The second-order valence-electron chi connectivity index (χ2n) is 8.96. The van der Waals surface area contributed by atoms with Crippen LogP contribution in [0.2, 0.25) is 0 Å². The van der Waals surface area contributed by atoms with Crippen LogP contribution in [0.1, 0.15) is 62.4 Å². The van der Waals surface area contributed by atoms with Crippen molar-refractivity contribution in [2.75, 3.05) is 31.5 Å². The summed E-state index contributed by atoms with van der Waals surface area (Å²) in [4.78, 5) is 39.0. The number of amides is 4. The predicted molar refractivity (Wildman–Crippen MR) is 130 cm³/mol. The Morgan fingerprint density at radius 3 is 2.42 bits per heavy atom. The number of aliphatic hydroxyl groups excluding tert-OH is 1. The highest BCUT2D eigenvalue weighted by Gasteiger charge is 2.32. The Morgan fingerprint density at radius 2 is 1.86 bits per heavy atom. The first kappa shape index (κ1) is 29.4. The quantitative estimate of drug-likeness (QED) is 0.293. The van der Waals surface area contributed by atoms with Crippen LogP contribution in [-0.4, -0.2) is 72.2 Å².